The third-order valence-electron chi connectivity index (χ3n) is 4.29. The molecule has 0 atom stereocenters. The SMILES string of the molecule is N#Cc1ccc(NC(=O)c2cc3cccc(NC(=O)CF)c3[nH]2)c(-c2nnn[nH]2)c1. The van der Waals surface area contributed by atoms with E-state index in [9.17, 15) is 14.0 Å². The molecule has 0 radical (unpaired) electrons. The number of alkyl halides is 1. The molecule has 2 amide bonds. The largest absolute Gasteiger partial charge is 0.349 e. The fourth-order valence-electron chi connectivity index (χ4n) is 2.95. The van der Waals surface area contributed by atoms with Crippen molar-refractivity contribution in [3.8, 4) is 17.5 Å². The van der Waals surface area contributed by atoms with Crippen molar-refractivity contribution < 1.29 is 14.0 Å². The number of halogens is 1. The Balaban J connectivity index is 1.67. The number of rotatable bonds is 5. The molecule has 30 heavy (non-hydrogen) atoms. The monoisotopic (exact) mass is 404 g/mol. The lowest BCUT2D eigenvalue weighted by molar-refractivity contribution is -0.117. The molecular weight excluding hydrogens is 391 g/mol. The number of amides is 2. The quantitative estimate of drug-likeness (QED) is 0.401. The summed E-state index contributed by atoms with van der Waals surface area (Å²) in [5, 5.41) is 28.5. The first-order chi connectivity index (χ1) is 14.6. The van der Waals surface area contributed by atoms with Gasteiger partial charge in [-0.15, -0.1) is 5.10 Å². The lowest BCUT2D eigenvalue weighted by Crippen LogP contribution is -2.14. The second-order valence-corrected chi connectivity index (χ2v) is 6.21. The zero-order valence-corrected chi connectivity index (χ0v) is 15.2. The zero-order valence-electron chi connectivity index (χ0n) is 15.2. The van der Waals surface area contributed by atoms with Crippen LogP contribution in [0.25, 0.3) is 22.3 Å². The summed E-state index contributed by atoms with van der Waals surface area (Å²) in [4.78, 5) is 27.2. The lowest BCUT2D eigenvalue weighted by atomic mass is 10.1. The molecule has 0 unspecified atom stereocenters. The number of hydrogen-bond acceptors (Lipinski definition) is 6. The molecule has 4 N–H and O–H groups in total. The maximum atomic E-state index is 12.8. The summed E-state index contributed by atoms with van der Waals surface area (Å²) < 4.78 is 12.5. The van der Waals surface area contributed by atoms with E-state index in [1.165, 1.54) is 0 Å². The number of nitrogens with one attached hydrogen (secondary N) is 4. The van der Waals surface area contributed by atoms with Crippen molar-refractivity contribution in [3.05, 3.63) is 53.7 Å². The van der Waals surface area contributed by atoms with Gasteiger partial charge < -0.3 is 15.6 Å². The van der Waals surface area contributed by atoms with Crippen molar-refractivity contribution in [1.29, 1.82) is 5.26 Å². The van der Waals surface area contributed by atoms with Gasteiger partial charge in [-0.3, -0.25) is 9.59 Å². The number of benzene rings is 2. The summed E-state index contributed by atoms with van der Waals surface area (Å²) in [6.07, 6.45) is 0. The maximum absolute atomic E-state index is 12.8. The van der Waals surface area contributed by atoms with Crippen LogP contribution in [0.15, 0.2) is 42.5 Å². The molecule has 2 heterocycles. The molecule has 2 aromatic carbocycles. The van der Waals surface area contributed by atoms with Crippen LogP contribution in [0, 0.1) is 11.3 Å². The van der Waals surface area contributed by atoms with Crippen LogP contribution in [-0.2, 0) is 4.79 Å². The van der Waals surface area contributed by atoms with Crippen LogP contribution in [0.3, 0.4) is 0 Å². The number of aromatic amines is 2. The highest BCUT2D eigenvalue weighted by Gasteiger charge is 2.16. The van der Waals surface area contributed by atoms with Gasteiger partial charge in [0.25, 0.3) is 11.8 Å². The van der Waals surface area contributed by atoms with Crippen molar-refractivity contribution in [1.82, 2.24) is 25.6 Å². The summed E-state index contributed by atoms with van der Waals surface area (Å²) in [5.41, 5.74) is 2.28. The van der Waals surface area contributed by atoms with Gasteiger partial charge in [-0.2, -0.15) is 5.26 Å². The Labute approximate surface area is 168 Å². The van der Waals surface area contributed by atoms with Crippen LogP contribution in [0.5, 0.6) is 0 Å². The van der Waals surface area contributed by atoms with E-state index in [4.69, 9.17) is 5.26 Å². The number of H-pyrrole nitrogens is 2. The van der Waals surface area contributed by atoms with Gasteiger partial charge in [-0.05, 0) is 40.8 Å². The van der Waals surface area contributed by atoms with E-state index in [1.807, 2.05) is 6.07 Å². The van der Waals surface area contributed by atoms with Crippen LogP contribution in [-0.4, -0.2) is 44.1 Å². The molecule has 0 spiro atoms. The maximum Gasteiger partial charge on any atom is 0.272 e. The van der Waals surface area contributed by atoms with Gasteiger partial charge in [-0.1, -0.05) is 12.1 Å². The van der Waals surface area contributed by atoms with E-state index in [0.29, 0.717) is 33.4 Å². The van der Waals surface area contributed by atoms with Crippen LogP contribution in [0.2, 0.25) is 0 Å². The second-order valence-electron chi connectivity index (χ2n) is 6.21. The highest BCUT2D eigenvalue weighted by Crippen LogP contribution is 2.28. The summed E-state index contributed by atoms with van der Waals surface area (Å²) in [5.74, 6) is -0.964. The second kappa shape index (κ2) is 7.80. The molecule has 0 bridgehead atoms. The molecule has 4 rings (SSSR count). The van der Waals surface area contributed by atoms with Gasteiger partial charge in [0.15, 0.2) is 12.5 Å². The Morgan fingerprint density at radius 3 is 2.73 bits per heavy atom. The minimum Gasteiger partial charge on any atom is -0.349 e. The van der Waals surface area contributed by atoms with Gasteiger partial charge in [0.05, 0.1) is 28.5 Å². The molecule has 10 nitrogen and oxygen atoms in total. The van der Waals surface area contributed by atoms with Crippen molar-refractivity contribution in [3.63, 3.8) is 0 Å². The van der Waals surface area contributed by atoms with Gasteiger partial charge in [0, 0.05) is 10.9 Å². The molecule has 0 aliphatic rings. The number of para-hydroxylation sites is 1. The molecule has 0 aliphatic heterocycles. The van der Waals surface area contributed by atoms with Gasteiger partial charge in [0.2, 0.25) is 0 Å². The van der Waals surface area contributed by atoms with Crippen molar-refractivity contribution >= 4 is 34.1 Å². The summed E-state index contributed by atoms with van der Waals surface area (Å²) in [7, 11) is 0. The van der Waals surface area contributed by atoms with Gasteiger partial charge in [0.1, 0.15) is 5.69 Å². The third-order valence-corrected chi connectivity index (χ3v) is 4.29. The summed E-state index contributed by atoms with van der Waals surface area (Å²) >= 11 is 0. The molecule has 0 fully saturated rings. The number of carbonyl (C=O) groups is 2. The van der Waals surface area contributed by atoms with Crippen molar-refractivity contribution in [2.75, 3.05) is 17.3 Å². The zero-order chi connectivity index (χ0) is 21.1. The average molecular weight is 404 g/mol. The fraction of sp³-hybridized carbons (Fsp3) is 0.0526. The predicted octanol–water partition coefficient (Wildman–Crippen LogP) is 2.38. The Morgan fingerprint density at radius 1 is 1.13 bits per heavy atom. The number of fused-ring (bicyclic) bond motifs is 1. The van der Waals surface area contributed by atoms with E-state index in [-0.39, 0.29) is 11.5 Å². The van der Waals surface area contributed by atoms with Gasteiger partial charge in [-0.25, -0.2) is 9.49 Å². The van der Waals surface area contributed by atoms with E-state index in [0.717, 1.165) is 0 Å². The van der Waals surface area contributed by atoms with Crippen LogP contribution < -0.4 is 10.6 Å². The van der Waals surface area contributed by atoms with E-state index in [2.05, 4.69) is 36.2 Å². The first-order valence-electron chi connectivity index (χ1n) is 8.66. The van der Waals surface area contributed by atoms with Crippen molar-refractivity contribution in [2.45, 2.75) is 0 Å². The Bertz CT molecular complexity index is 1290. The van der Waals surface area contributed by atoms with E-state index < -0.39 is 18.5 Å². The highest BCUT2D eigenvalue weighted by atomic mass is 19.1. The molecule has 4 aromatic rings. The van der Waals surface area contributed by atoms with E-state index in [1.54, 1.807) is 42.5 Å². The van der Waals surface area contributed by atoms with Gasteiger partial charge >= 0.3 is 0 Å². The molecule has 11 heteroatoms. The Hall–Kier alpha value is -4.59. The Morgan fingerprint density at radius 2 is 2.00 bits per heavy atom. The number of nitriles is 1. The highest BCUT2D eigenvalue weighted by molar-refractivity contribution is 6.09. The van der Waals surface area contributed by atoms with Crippen LogP contribution in [0.4, 0.5) is 15.8 Å². The standard InChI is InChI=1S/C19H13FN8O2/c20-8-16(29)22-14-3-1-2-11-7-15(23-17(11)14)19(30)24-13-5-4-10(9-21)6-12(13)18-25-27-28-26-18/h1-7,23H,8H2,(H,22,29)(H,24,30)(H,25,26,27,28). The molecule has 0 aliphatic carbocycles. The lowest BCUT2D eigenvalue weighted by Gasteiger charge is -2.09. The minimum absolute atomic E-state index is 0.220. The number of hydrogen-bond donors (Lipinski definition) is 4. The molecule has 2 aromatic heterocycles. The summed E-state index contributed by atoms with van der Waals surface area (Å²) in [6.45, 7) is -1.15. The number of tetrazole rings is 1. The molecular formula is C19H13FN8O2. The van der Waals surface area contributed by atoms with Crippen LogP contribution in [0.1, 0.15) is 16.1 Å². The van der Waals surface area contributed by atoms with E-state index >= 15 is 0 Å². The molecule has 0 saturated heterocycles. The van der Waals surface area contributed by atoms with Crippen LogP contribution >= 0.6 is 0 Å². The number of nitrogens with zero attached hydrogens (tertiary/aromatic N) is 4. The summed E-state index contributed by atoms with van der Waals surface area (Å²) in [6, 6.07) is 13.3. The first-order valence-corrected chi connectivity index (χ1v) is 8.66. The first kappa shape index (κ1) is 18.8. The topological polar surface area (TPSA) is 152 Å². The number of carbonyl (C=O) groups excluding carboxylic acids is 2. The molecule has 0 saturated carbocycles. The third kappa shape index (κ3) is 3.57. The smallest absolute Gasteiger partial charge is 0.272 e. The normalized spacial score (nSPS) is 10.5. The fourth-order valence-corrected chi connectivity index (χ4v) is 2.95. The minimum atomic E-state index is -1.15. The van der Waals surface area contributed by atoms with Crippen molar-refractivity contribution in [2.24, 2.45) is 0 Å². The number of anilines is 2. The average Bonchev–Trinajstić information content (AvgIpc) is 3.44. The predicted molar refractivity (Wildman–Crippen MR) is 105 cm³/mol. The molecule has 148 valence electrons. The Kier molecular flexibility index (Phi) is 4.88. The number of aromatic nitrogens is 5.